The Labute approximate surface area is 126 Å². The van der Waals surface area contributed by atoms with Crippen LogP contribution in [-0.4, -0.2) is 28.4 Å². The summed E-state index contributed by atoms with van der Waals surface area (Å²) in [6, 6.07) is 7.15. The van der Waals surface area contributed by atoms with Gasteiger partial charge in [-0.25, -0.2) is 4.79 Å². The Bertz CT molecular complexity index is 470. The molecule has 0 aliphatic rings. The van der Waals surface area contributed by atoms with Gasteiger partial charge >= 0.3 is 6.09 Å². The lowest BCUT2D eigenvalue weighted by atomic mass is 10.0. The minimum Gasteiger partial charge on any atom is -0.444 e. The first-order valence-corrected chi connectivity index (χ1v) is 7.06. The van der Waals surface area contributed by atoms with E-state index in [9.17, 15) is 9.90 Å². The number of ether oxygens (including phenoxy) is 1. The number of amides is 1. The van der Waals surface area contributed by atoms with Gasteiger partial charge in [0.1, 0.15) is 5.60 Å². The van der Waals surface area contributed by atoms with Crippen molar-refractivity contribution < 1.29 is 14.6 Å². The molecule has 1 amide bonds. The number of hydrogen-bond acceptors (Lipinski definition) is 4. The van der Waals surface area contributed by atoms with E-state index in [1.54, 1.807) is 26.0 Å². The molecule has 5 nitrogen and oxygen atoms in total. The molecule has 1 atom stereocenters. The maximum Gasteiger partial charge on any atom is 0.412 e. The minimum atomic E-state index is -0.812. The van der Waals surface area contributed by atoms with Crippen LogP contribution in [0.25, 0.3) is 0 Å². The normalized spacial score (nSPS) is 13.5. The predicted octanol–water partition coefficient (Wildman–Crippen LogP) is 3.60. The summed E-state index contributed by atoms with van der Waals surface area (Å²) in [5.74, 6) is 0. The van der Waals surface area contributed by atoms with E-state index in [0.29, 0.717) is 5.69 Å². The zero-order valence-electron chi connectivity index (χ0n) is 13.7. The molecular formula is C16H26N2O3. The molecule has 1 aromatic rings. The van der Waals surface area contributed by atoms with E-state index in [-0.39, 0.29) is 6.04 Å². The van der Waals surface area contributed by atoms with Crippen LogP contribution < -0.4 is 10.6 Å². The van der Waals surface area contributed by atoms with E-state index >= 15 is 0 Å². The molecule has 0 bridgehead atoms. The number of benzene rings is 1. The summed E-state index contributed by atoms with van der Waals surface area (Å²) < 4.78 is 5.18. The Kier molecular flexibility index (Phi) is 5.23. The molecular weight excluding hydrogens is 268 g/mol. The molecule has 118 valence electrons. The summed E-state index contributed by atoms with van der Waals surface area (Å²) in [5.41, 5.74) is 0.200. The fourth-order valence-electron chi connectivity index (χ4n) is 1.50. The molecule has 0 aliphatic carbocycles. The van der Waals surface area contributed by atoms with Crippen LogP contribution in [0.15, 0.2) is 24.3 Å². The van der Waals surface area contributed by atoms with E-state index in [4.69, 9.17) is 4.74 Å². The Morgan fingerprint density at radius 1 is 1.10 bits per heavy atom. The first-order chi connectivity index (χ1) is 9.47. The van der Waals surface area contributed by atoms with E-state index < -0.39 is 17.3 Å². The second kappa shape index (κ2) is 6.35. The lowest BCUT2D eigenvalue weighted by Gasteiger charge is -2.27. The number of carbonyl (C=O) groups is 1. The topological polar surface area (TPSA) is 70.6 Å². The molecule has 0 radical (unpaired) electrons. The molecule has 0 fully saturated rings. The summed E-state index contributed by atoms with van der Waals surface area (Å²) in [7, 11) is 0. The van der Waals surface area contributed by atoms with E-state index in [0.717, 1.165) is 5.69 Å². The molecule has 5 heteroatoms. The van der Waals surface area contributed by atoms with Gasteiger partial charge in [-0.3, -0.25) is 5.32 Å². The van der Waals surface area contributed by atoms with Gasteiger partial charge in [-0.2, -0.15) is 0 Å². The molecule has 3 N–H and O–H groups in total. The third kappa shape index (κ3) is 6.49. The smallest absolute Gasteiger partial charge is 0.412 e. The van der Waals surface area contributed by atoms with Crippen LogP contribution in [0.2, 0.25) is 0 Å². The molecule has 0 saturated heterocycles. The molecule has 0 spiro atoms. The van der Waals surface area contributed by atoms with Crippen molar-refractivity contribution in [2.24, 2.45) is 0 Å². The average molecular weight is 294 g/mol. The first kappa shape index (κ1) is 17.3. The van der Waals surface area contributed by atoms with E-state index in [2.05, 4.69) is 10.6 Å². The zero-order chi connectivity index (χ0) is 16.3. The zero-order valence-corrected chi connectivity index (χ0v) is 13.7. The van der Waals surface area contributed by atoms with Crippen molar-refractivity contribution >= 4 is 17.5 Å². The molecule has 0 aromatic heterocycles. The van der Waals surface area contributed by atoms with Gasteiger partial charge in [-0.05, 0) is 65.8 Å². The van der Waals surface area contributed by atoms with E-state index in [1.807, 2.05) is 39.8 Å². The Balaban J connectivity index is 2.60. The Morgan fingerprint density at radius 3 is 2.00 bits per heavy atom. The summed E-state index contributed by atoms with van der Waals surface area (Å²) in [6.07, 6.45) is -0.479. The minimum absolute atomic E-state index is 0.0952. The van der Waals surface area contributed by atoms with Crippen molar-refractivity contribution in [1.29, 1.82) is 0 Å². The Hall–Kier alpha value is -1.75. The van der Waals surface area contributed by atoms with E-state index in [1.165, 1.54) is 0 Å². The van der Waals surface area contributed by atoms with Crippen LogP contribution in [0.5, 0.6) is 0 Å². The van der Waals surface area contributed by atoms with Crippen LogP contribution >= 0.6 is 0 Å². The van der Waals surface area contributed by atoms with Gasteiger partial charge in [-0.15, -0.1) is 0 Å². The highest BCUT2D eigenvalue weighted by atomic mass is 16.6. The molecule has 0 heterocycles. The largest absolute Gasteiger partial charge is 0.444 e. The number of carbonyl (C=O) groups excluding carboxylic acids is 1. The summed E-state index contributed by atoms with van der Waals surface area (Å²) >= 11 is 0. The number of aliphatic hydroxyl groups is 1. The summed E-state index contributed by atoms with van der Waals surface area (Å²) in [6.45, 7) is 10.9. The second-order valence-electron chi connectivity index (χ2n) is 6.72. The molecule has 1 aromatic carbocycles. The van der Waals surface area contributed by atoms with Gasteiger partial charge in [0.05, 0.1) is 11.6 Å². The lowest BCUT2D eigenvalue weighted by molar-refractivity contribution is 0.0633. The number of anilines is 2. The molecule has 21 heavy (non-hydrogen) atoms. The van der Waals surface area contributed by atoms with Crippen LogP contribution in [0.3, 0.4) is 0 Å². The van der Waals surface area contributed by atoms with Crippen molar-refractivity contribution in [3.63, 3.8) is 0 Å². The number of nitrogens with one attached hydrogen (secondary N) is 2. The van der Waals surface area contributed by atoms with Gasteiger partial charge in [0, 0.05) is 11.4 Å². The van der Waals surface area contributed by atoms with Crippen molar-refractivity contribution in [1.82, 2.24) is 0 Å². The molecule has 0 aliphatic heterocycles. The van der Waals surface area contributed by atoms with Crippen LogP contribution in [-0.2, 0) is 4.74 Å². The summed E-state index contributed by atoms with van der Waals surface area (Å²) in [4.78, 5) is 11.6. The standard InChI is InChI=1S/C16H26N2O3/c1-11(16(5,6)20)17-12-7-9-13(10-8-12)18-14(19)21-15(2,3)4/h7-11,17,20H,1-6H3,(H,18,19). The average Bonchev–Trinajstić information content (AvgIpc) is 2.27. The fraction of sp³-hybridized carbons (Fsp3) is 0.562. The maximum atomic E-state index is 11.6. The van der Waals surface area contributed by atoms with Gasteiger partial charge in [0.15, 0.2) is 0 Å². The number of rotatable bonds is 4. The fourth-order valence-corrected chi connectivity index (χ4v) is 1.50. The molecule has 1 rings (SSSR count). The first-order valence-electron chi connectivity index (χ1n) is 7.06. The van der Waals surface area contributed by atoms with Gasteiger partial charge < -0.3 is 15.2 Å². The Morgan fingerprint density at radius 2 is 1.57 bits per heavy atom. The van der Waals surface area contributed by atoms with Gasteiger partial charge in [0.2, 0.25) is 0 Å². The maximum absolute atomic E-state index is 11.6. The van der Waals surface area contributed by atoms with Crippen molar-refractivity contribution in [2.75, 3.05) is 10.6 Å². The summed E-state index contributed by atoms with van der Waals surface area (Å²) in [5, 5.41) is 15.8. The quantitative estimate of drug-likeness (QED) is 0.793. The van der Waals surface area contributed by atoms with Crippen LogP contribution in [0, 0.1) is 0 Å². The van der Waals surface area contributed by atoms with Gasteiger partial charge in [0.25, 0.3) is 0 Å². The predicted molar refractivity (Wildman–Crippen MR) is 85.7 cm³/mol. The third-order valence-corrected chi connectivity index (χ3v) is 2.97. The monoisotopic (exact) mass is 294 g/mol. The molecule has 1 unspecified atom stereocenters. The van der Waals surface area contributed by atoms with Crippen molar-refractivity contribution in [3.8, 4) is 0 Å². The SMILES string of the molecule is CC(Nc1ccc(NC(=O)OC(C)(C)C)cc1)C(C)(C)O. The second-order valence-corrected chi connectivity index (χ2v) is 6.72. The highest BCUT2D eigenvalue weighted by molar-refractivity contribution is 5.85. The van der Waals surface area contributed by atoms with Crippen molar-refractivity contribution in [2.45, 2.75) is 58.8 Å². The highest BCUT2D eigenvalue weighted by Crippen LogP contribution is 2.18. The third-order valence-electron chi connectivity index (χ3n) is 2.97. The lowest BCUT2D eigenvalue weighted by Crippen LogP contribution is -2.39. The molecule has 0 saturated carbocycles. The van der Waals surface area contributed by atoms with Crippen molar-refractivity contribution in [3.05, 3.63) is 24.3 Å². The number of hydrogen-bond donors (Lipinski definition) is 3. The van der Waals surface area contributed by atoms with Gasteiger partial charge in [-0.1, -0.05) is 0 Å². The highest BCUT2D eigenvalue weighted by Gasteiger charge is 2.22. The van der Waals surface area contributed by atoms with Crippen LogP contribution in [0.1, 0.15) is 41.5 Å². The van der Waals surface area contributed by atoms with Crippen LogP contribution in [0.4, 0.5) is 16.2 Å².